The van der Waals surface area contributed by atoms with Crippen molar-refractivity contribution in [2.24, 2.45) is 5.41 Å². The van der Waals surface area contributed by atoms with E-state index in [4.69, 9.17) is 4.74 Å². The maximum Gasteiger partial charge on any atom is 0.122 e. The number of rotatable bonds is 3. The van der Waals surface area contributed by atoms with Crippen LogP contribution in [0.2, 0.25) is 0 Å². The number of benzene rings is 1. The number of hydrogen-bond donors (Lipinski definition) is 1. The Labute approximate surface area is 110 Å². The van der Waals surface area contributed by atoms with Crippen molar-refractivity contribution < 1.29 is 4.74 Å². The summed E-state index contributed by atoms with van der Waals surface area (Å²) >= 11 is 0. The summed E-state index contributed by atoms with van der Waals surface area (Å²) in [6, 6.07) is 6.71. The van der Waals surface area contributed by atoms with E-state index in [0.717, 1.165) is 12.2 Å². The van der Waals surface area contributed by atoms with E-state index in [1.54, 1.807) is 7.11 Å². The van der Waals surface area contributed by atoms with E-state index in [-0.39, 0.29) is 0 Å². The van der Waals surface area contributed by atoms with Crippen molar-refractivity contribution in [2.45, 2.75) is 38.5 Å². The van der Waals surface area contributed by atoms with Gasteiger partial charge < -0.3 is 10.1 Å². The number of aryl methyl sites for hydroxylation is 1. The van der Waals surface area contributed by atoms with Gasteiger partial charge in [0.1, 0.15) is 5.75 Å². The maximum absolute atomic E-state index is 5.56. The topological polar surface area (TPSA) is 21.3 Å². The lowest BCUT2D eigenvalue weighted by Gasteiger charge is -2.39. The van der Waals surface area contributed by atoms with Crippen LogP contribution >= 0.6 is 0 Å². The van der Waals surface area contributed by atoms with Crippen molar-refractivity contribution in [3.8, 4) is 5.75 Å². The lowest BCUT2D eigenvalue weighted by Crippen LogP contribution is -2.51. The molecule has 18 heavy (non-hydrogen) atoms. The van der Waals surface area contributed by atoms with Crippen molar-refractivity contribution >= 4 is 0 Å². The molecule has 0 bridgehead atoms. The third-order valence-electron chi connectivity index (χ3n) is 4.84. The fraction of sp³-hybridized carbons (Fsp3) is 0.625. The van der Waals surface area contributed by atoms with E-state index >= 15 is 0 Å². The van der Waals surface area contributed by atoms with Crippen LogP contribution < -0.4 is 10.1 Å². The number of ether oxygens (including phenoxy) is 1. The van der Waals surface area contributed by atoms with Crippen molar-refractivity contribution in [2.75, 3.05) is 20.2 Å². The zero-order valence-corrected chi connectivity index (χ0v) is 11.5. The second-order valence-electron chi connectivity index (χ2n) is 5.97. The molecular weight excluding hydrogens is 222 g/mol. The highest BCUT2D eigenvalue weighted by molar-refractivity contribution is 5.40. The fourth-order valence-corrected chi connectivity index (χ4v) is 3.60. The predicted molar refractivity (Wildman–Crippen MR) is 74.3 cm³/mol. The molecule has 1 aliphatic heterocycles. The molecule has 1 N–H and O–H groups in total. The molecule has 98 valence electrons. The monoisotopic (exact) mass is 245 g/mol. The fourth-order valence-electron chi connectivity index (χ4n) is 3.60. The highest BCUT2D eigenvalue weighted by atomic mass is 16.5. The Bertz CT molecular complexity index is 437. The molecule has 1 saturated carbocycles. The Morgan fingerprint density at radius 1 is 1.39 bits per heavy atom. The Balaban J connectivity index is 1.86. The summed E-state index contributed by atoms with van der Waals surface area (Å²) in [4.78, 5) is 0. The maximum atomic E-state index is 5.56. The van der Waals surface area contributed by atoms with Gasteiger partial charge in [-0.3, -0.25) is 0 Å². The molecule has 0 aromatic heterocycles. The highest BCUT2D eigenvalue weighted by Gasteiger charge is 2.44. The van der Waals surface area contributed by atoms with E-state index in [0.29, 0.717) is 11.3 Å². The van der Waals surface area contributed by atoms with Crippen molar-refractivity contribution in [1.29, 1.82) is 0 Å². The largest absolute Gasteiger partial charge is 0.496 e. The molecule has 2 heteroatoms. The lowest BCUT2D eigenvalue weighted by molar-refractivity contribution is 0.175. The van der Waals surface area contributed by atoms with Crippen molar-refractivity contribution in [1.82, 2.24) is 5.32 Å². The second kappa shape index (κ2) is 4.58. The van der Waals surface area contributed by atoms with Crippen molar-refractivity contribution in [3.63, 3.8) is 0 Å². The molecule has 1 aliphatic carbocycles. The van der Waals surface area contributed by atoms with E-state index in [1.165, 1.54) is 43.5 Å². The van der Waals surface area contributed by atoms with Crippen LogP contribution in [0.4, 0.5) is 0 Å². The van der Waals surface area contributed by atoms with E-state index in [2.05, 4.69) is 30.4 Å². The summed E-state index contributed by atoms with van der Waals surface area (Å²) in [7, 11) is 1.79. The van der Waals surface area contributed by atoms with E-state index in [9.17, 15) is 0 Å². The number of hydrogen-bond acceptors (Lipinski definition) is 2. The molecule has 2 nitrogen and oxygen atoms in total. The minimum atomic E-state index is 0.609. The van der Waals surface area contributed by atoms with Gasteiger partial charge in [0.05, 0.1) is 7.11 Å². The van der Waals surface area contributed by atoms with Gasteiger partial charge in [-0.2, -0.15) is 0 Å². The molecule has 1 atom stereocenters. The van der Waals surface area contributed by atoms with Gasteiger partial charge in [-0.25, -0.2) is 0 Å². The summed E-state index contributed by atoms with van der Waals surface area (Å²) in [6.45, 7) is 4.66. The van der Waals surface area contributed by atoms with Gasteiger partial charge in [0, 0.05) is 13.1 Å². The molecule has 1 saturated heterocycles. The summed E-state index contributed by atoms with van der Waals surface area (Å²) in [5.74, 6) is 1.79. The van der Waals surface area contributed by atoms with Crippen LogP contribution in [0.1, 0.15) is 43.2 Å². The molecular formula is C16H23NO. The number of nitrogens with one attached hydrogen (secondary N) is 1. The van der Waals surface area contributed by atoms with Crippen LogP contribution in [0.25, 0.3) is 0 Å². The minimum Gasteiger partial charge on any atom is -0.496 e. The van der Waals surface area contributed by atoms with E-state index < -0.39 is 0 Å². The molecule has 2 aliphatic rings. The molecule has 3 rings (SSSR count). The van der Waals surface area contributed by atoms with Gasteiger partial charge in [0.15, 0.2) is 0 Å². The molecule has 1 unspecified atom stereocenters. The molecule has 2 fully saturated rings. The smallest absolute Gasteiger partial charge is 0.122 e. The highest BCUT2D eigenvalue weighted by Crippen LogP contribution is 2.50. The first-order valence-electron chi connectivity index (χ1n) is 7.14. The quantitative estimate of drug-likeness (QED) is 0.883. The van der Waals surface area contributed by atoms with Gasteiger partial charge in [0.25, 0.3) is 0 Å². The Morgan fingerprint density at radius 2 is 2.22 bits per heavy atom. The van der Waals surface area contributed by atoms with Gasteiger partial charge in [-0.15, -0.1) is 0 Å². The standard InChI is InChI=1S/C16H23NO/c1-3-12-4-5-15(18-2)14(8-12)13-6-7-16(9-13)10-17-11-16/h4-5,8,13,17H,3,6-7,9-11H2,1-2H3. The van der Waals surface area contributed by atoms with Crippen LogP contribution in [-0.2, 0) is 6.42 Å². The van der Waals surface area contributed by atoms with Crippen LogP contribution in [0.3, 0.4) is 0 Å². The van der Waals surface area contributed by atoms with Crippen LogP contribution in [0.5, 0.6) is 5.75 Å². The average Bonchev–Trinajstić information content (AvgIpc) is 2.83. The van der Waals surface area contributed by atoms with Crippen LogP contribution in [0.15, 0.2) is 18.2 Å². The SMILES string of the molecule is CCc1ccc(OC)c(C2CCC3(CNC3)C2)c1. The van der Waals surface area contributed by atoms with Crippen molar-refractivity contribution in [3.05, 3.63) is 29.3 Å². The van der Waals surface area contributed by atoms with Crippen LogP contribution in [0, 0.1) is 5.41 Å². The first-order chi connectivity index (χ1) is 8.76. The Kier molecular flexibility index (Phi) is 3.06. The molecule has 1 heterocycles. The van der Waals surface area contributed by atoms with Gasteiger partial charge >= 0.3 is 0 Å². The summed E-state index contributed by atoms with van der Waals surface area (Å²) in [5, 5.41) is 3.44. The van der Waals surface area contributed by atoms with Gasteiger partial charge in [-0.05, 0) is 54.2 Å². The zero-order valence-electron chi connectivity index (χ0n) is 11.5. The normalized spacial score (nSPS) is 25.1. The van der Waals surface area contributed by atoms with Gasteiger partial charge in [0.2, 0.25) is 0 Å². The summed E-state index contributed by atoms with van der Waals surface area (Å²) < 4.78 is 5.56. The lowest BCUT2D eigenvalue weighted by atomic mass is 9.78. The second-order valence-corrected chi connectivity index (χ2v) is 5.97. The molecule has 1 spiro atoms. The molecule has 1 aromatic carbocycles. The molecule has 0 amide bonds. The Hall–Kier alpha value is -1.02. The molecule has 0 radical (unpaired) electrons. The summed E-state index contributed by atoms with van der Waals surface area (Å²) in [6.07, 6.45) is 5.15. The number of methoxy groups -OCH3 is 1. The third-order valence-corrected chi connectivity index (χ3v) is 4.84. The van der Waals surface area contributed by atoms with Crippen LogP contribution in [-0.4, -0.2) is 20.2 Å². The Morgan fingerprint density at radius 3 is 2.78 bits per heavy atom. The first-order valence-corrected chi connectivity index (χ1v) is 7.14. The minimum absolute atomic E-state index is 0.609. The molecule has 1 aromatic rings. The van der Waals surface area contributed by atoms with Gasteiger partial charge in [-0.1, -0.05) is 19.1 Å². The first kappa shape index (κ1) is 12.0. The summed E-state index contributed by atoms with van der Waals surface area (Å²) in [5.41, 5.74) is 3.48. The average molecular weight is 245 g/mol. The zero-order chi connectivity index (χ0) is 12.6. The predicted octanol–water partition coefficient (Wildman–Crippen LogP) is 3.11. The third kappa shape index (κ3) is 1.93. The van der Waals surface area contributed by atoms with E-state index in [1.807, 2.05) is 0 Å².